The van der Waals surface area contributed by atoms with Gasteiger partial charge in [-0.2, -0.15) is 0 Å². The maximum Gasteiger partial charge on any atom is 0.243 e. The molecular formula is C18H21N3O2. The van der Waals surface area contributed by atoms with Crippen molar-refractivity contribution in [1.82, 2.24) is 15.2 Å². The molecule has 23 heavy (non-hydrogen) atoms. The van der Waals surface area contributed by atoms with Gasteiger partial charge in [-0.05, 0) is 30.5 Å². The average molecular weight is 311 g/mol. The number of nitrogens with zero attached hydrogens (tertiary/aromatic N) is 1. The fraction of sp³-hybridized carbons (Fsp3) is 0.333. The van der Waals surface area contributed by atoms with Gasteiger partial charge in [0.2, 0.25) is 11.8 Å². The minimum atomic E-state index is -0.346. The van der Waals surface area contributed by atoms with Crippen LogP contribution >= 0.6 is 0 Å². The Morgan fingerprint density at radius 1 is 1.17 bits per heavy atom. The number of amides is 2. The zero-order valence-electron chi connectivity index (χ0n) is 13.0. The molecule has 1 fully saturated rings. The topological polar surface area (TPSA) is 65.2 Å². The Balaban J connectivity index is 1.58. The molecule has 5 nitrogen and oxygen atoms in total. The summed E-state index contributed by atoms with van der Waals surface area (Å²) < 4.78 is 0. The molecule has 1 aromatic carbocycles. The van der Waals surface area contributed by atoms with Crippen LogP contribution in [0.4, 0.5) is 0 Å². The van der Waals surface area contributed by atoms with Crippen LogP contribution in [0.5, 0.6) is 0 Å². The summed E-state index contributed by atoms with van der Waals surface area (Å²) in [5.74, 6) is -0.0489. The molecule has 0 bridgehead atoms. The van der Waals surface area contributed by atoms with Gasteiger partial charge in [-0.25, -0.2) is 0 Å². The molecule has 2 N–H and O–H groups in total. The van der Waals surface area contributed by atoms with Gasteiger partial charge in [0.05, 0.1) is 13.0 Å². The highest BCUT2D eigenvalue weighted by Gasteiger charge is 2.33. The normalized spacial score (nSPS) is 17.2. The van der Waals surface area contributed by atoms with Gasteiger partial charge >= 0.3 is 0 Å². The van der Waals surface area contributed by atoms with Gasteiger partial charge in [0.25, 0.3) is 0 Å². The molecule has 1 aliphatic heterocycles. The van der Waals surface area contributed by atoms with Gasteiger partial charge < -0.3 is 15.2 Å². The van der Waals surface area contributed by atoms with Crippen LogP contribution < -0.4 is 5.32 Å². The maximum atomic E-state index is 12.5. The number of aromatic amines is 1. The molecule has 120 valence electrons. The Morgan fingerprint density at radius 2 is 2.00 bits per heavy atom. The lowest BCUT2D eigenvalue weighted by Crippen LogP contribution is -2.46. The Hall–Kier alpha value is -2.56. The van der Waals surface area contributed by atoms with E-state index in [0.717, 1.165) is 24.1 Å². The standard InChI is InChI=1S/C18H21N3O2/c22-17(12-14-6-2-1-3-7-14)21-11-5-9-16(21)18(23)20-13-15-8-4-10-19-15/h1-4,6-8,10,16,19H,5,9,11-13H2,(H,20,23)/t16-/m1/s1. The summed E-state index contributed by atoms with van der Waals surface area (Å²) in [6.07, 6.45) is 3.78. The van der Waals surface area contributed by atoms with Crippen molar-refractivity contribution in [1.29, 1.82) is 0 Å². The lowest BCUT2D eigenvalue weighted by Gasteiger charge is -2.24. The summed E-state index contributed by atoms with van der Waals surface area (Å²) in [5, 5.41) is 2.91. The molecular weight excluding hydrogens is 290 g/mol. The summed E-state index contributed by atoms with van der Waals surface area (Å²) in [4.78, 5) is 29.7. The van der Waals surface area contributed by atoms with Crippen molar-refractivity contribution in [3.63, 3.8) is 0 Å². The first-order valence-electron chi connectivity index (χ1n) is 7.97. The van der Waals surface area contributed by atoms with E-state index in [2.05, 4.69) is 10.3 Å². The second-order valence-corrected chi connectivity index (χ2v) is 5.82. The van der Waals surface area contributed by atoms with Crippen LogP contribution in [0.1, 0.15) is 24.1 Å². The lowest BCUT2D eigenvalue weighted by atomic mass is 10.1. The minimum absolute atomic E-state index is 0.0220. The molecule has 1 atom stereocenters. The Kier molecular flexibility index (Phi) is 4.76. The van der Waals surface area contributed by atoms with Gasteiger partial charge in [-0.3, -0.25) is 9.59 Å². The van der Waals surface area contributed by atoms with E-state index in [-0.39, 0.29) is 17.9 Å². The van der Waals surface area contributed by atoms with Crippen LogP contribution in [0.15, 0.2) is 48.7 Å². The lowest BCUT2D eigenvalue weighted by molar-refractivity contribution is -0.138. The van der Waals surface area contributed by atoms with Gasteiger partial charge in [0.15, 0.2) is 0 Å². The zero-order valence-corrected chi connectivity index (χ0v) is 13.0. The summed E-state index contributed by atoms with van der Waals surface area (Å²) in [6, 6.07) is 13.1. The van der Waals surface area contributed by atoms with Gasteiger partial charge in [0, 0.05) is 18.4 Å². The monoisotopic (exact) mass is 311 g/mol. The Labute approximate surface area is 135 Å². The highest BCUT2D eigenvalue weighted by molar-refractivity contribution is 5.89. The van der Waals surface area contributed by atoms with Crippen LogP contribution in [0.3, 0.4) is 0 Å². The summed E-state index contributed by atoms with van der Waals surface area (Å²) >= 11 is 0. The molecule has 1 saturated heterocycles. The first kappa shape index (κ1) is 15.3. The number of nitrogens with one attached hydrogen (secondary N) is 2. The fourth-order valence-electron chi connectivity index (χ4n) is 2.99. The SMILES string of the molecule is O=C(NCc1ccc[nH]1)[C@H]1CCCN1C(=O)Cc1ccccc1. The van der Waals surface area contributed by atoms with E-state index >= 15 is 0 Å². The highest BCUT2D eigenvalue weighted by atomic mass is 16.2. The second-order valence-electron chi connectivity index (χ2n) is 5.82. The van der Waals surface area contributed by atoms with Crippen LogP contribution in [-0.4, -0.2) is 34.3 Å². The van der Waals surface area contributed by atoms with Crippen molar-refractivity contribution in [3.8, 4) is 0 Å². The number of carbonyl (C=O) groups is 2. The molecule has 0 spiro atoms. The number of aromatic nitrogens is 1. The second kappa shape index (κ2) is 7.13. The van der Waals surface area contributed by atoms with Gasteiger partial charge in [-0.15, -0.1) is 0 Å². The first-order valence-corrected chi connectivity index (χ1v) is 7.97. The molecule has 0 unspecified atom stereocenters. The third-order valence-corrected chi connectivity index (χ3v) is 4.19. The van der Waals surface area contributed by atoms with Crippen molar-refractivity contribution in [3.05, 3.63) is 59.9 Å². The van der Waals surface area contributed by atoms with Crippen LogP contribution in [-0.2, 0) is 22.6 Å². The van der Waals surface area contributed by atoms with E-state index in [9.17, 15) is 9.59 Å². The first-order chi connectivity index (χ1) is 11.2. The van der Waals surface area contributed by atoms with Crippen molar-refractivity contribution in [2.75, 3.05) is 6.54 Å². The van der Waals surface area contributed by atoms with E-state index in [4.69, 9.17) is 0 Å². The number of carbonyl (C=O) groups excluding carboxylic acids is 2. The summed E-state index contributed by atoms with van der Waals surface area (Å²) in [7, 11) is 0. The Morgan fingerprint density at radius 3 is 2.74 bits per heavy atom. The molecule has 2 heterocycles. The highest BCUT2D eigenvalue weighted by Crippen LogP contribution is 2.19. The number of hydrogen-bond donors (Lipinski definition) is 2. The molecule has 0 radical (unpaired) electrons. The van der Waals surface area contributed by atoms with Crippen molar-refractivity contribution in [2.45, 2.75) is 31.8 Å². The van der Waals surface area contributed by atoms with E-state index in [1.807, 2.05) is 48.7 Å². The number of H-pyrrole nitrogens is 1. The molecule has 3 rings (SSSR count). The molecule has 1 aromatic heterocycles. The average Bonchev–Trinajstić information content (AvgIpc) is 3.25. The van der Waals surface area contributed by atoms with Crippen molar-refractivity contribution < 1.29 is 9.59 Å². The fourth-order valence-corrected chi connectivity index (χ4v) is 2.99. The Bertz CT molecular complexity index is 652. The van der Waals surface area contributed by atoms with Crippen LogP contribution in [0.25, 0.3) is 0 Å². The summed E-state index contributed by atoms with van der Waals surface area (Å²) in [5.41, 5.74) is 1.94. The van der Waals surface area contributed by atoms with E-state index in [1.165, 1.54) is 0 Å². The van der Waals surface area contributed by atoms with E-state index < -0.39 is 0 Å². The summed E-state index contributed by atoms with van der Waals surface area (Å²) in [6.45, 7) is 1.12. The third-order valence-electron chi connectivity index (χ3n) is 4.19. The molecule has 2 aromatic rings. The third kappa shape index (κ3) is 3.80. The number of likely N-dealkylation sites (tertiary alicyclic amines) is 1. The van der Waals surface area contributed by atoms with Gasteiger partial charge in [-0.1, -0.05) is 30.3 Å². The molecule has 0 aliphatic carbocycles. The zero-order chi connectivity index (χ0) is 16.1. The van der Waals surface area contributed by atoms with Gasteiger partial charge in [0.1, 0.15) is 6.04 Å². The molecule has 0 saturated carbocycles. The molecule has 1 aliphatic rings. The number of benzene rings is 1. The van der Waals surface area contributed by atoms with Crippen LogP contribution in [0, 0.1) is 0 Å². The number of hydrogen-bond acceptors (Lipinski definition) is 2. The van der Waals surface area contributed by atoms with E-state index in [0.29, 0.717) is 19.5 Å². The molecule has 5 heteroatoms. The largest absolute Gasteiger partial charge is 0.364 e. The van der Waals surface area contributed by atoms with Crippen molar-refractivity contribution >= 4 is 11.8 Å². The molecule has 2 amide bonds. The smallest absolute Gasteiger partial charge is 0.243 e. The van der Waals surface area contributed by atoms with Crippen LogP contribution in [0.2, 0.25) is 0 Å². The predicted molar refractivity (Wildman–Crippen MR) is 87.5 cm³/mol. The predicted octanol–water partition coefficient (Wildman–Crippen LogP) is 1.86. The maximum absolute atomic E-state index is 12.5. The van der Waals surface area contributed by atoms with Crippen molar-refractivity contribution in [2.24, 2.45) is 0 Å². The van der Waals surface area contributed by atoms with E-state index in [1.54, 1.807) is 4.90 Å². The number of rotatable bonds is 5. The minimum Gasteiger partial charge on any atom is -0.364 e. The quantitative estimate of drug-likeness (QED) is 0.885.